The Morgan fingerprint density at radius 3 is 2.19 bits per heavy atom. The highest BCUT2D eigenvalue weighted by Gasteiger charge is 2.09. The summed E-state index contributed by atoms with van der Waals surface area (Å²) in [5, 5.41) is 5.91. The van der Waals surface area contributed by atoms with Gasteiger partial charge in [-0.1, -0.05) is 30.3 Å². The smallest absolute Gasteiger partial charge is 0.253 e. The lowest BCUT2D eigenvalue weighted by atomic mass is 10.2. The number of anilines is 2. The third kappa shape index (κ3) is 6.77. The van der Waals surface area contributed by atoms with Gasteiger partial charge in [-0.3, -0.25) is 9.59 Å². The molecule has 0 aliphatic rings. The first-order valence-electron chi connectivity index (χ1n) is 10.3. The molecule has 32 heavy (non-hydrogen) atoms. The van der Waals surface area contributed by atoms with Crippen molar-refractivity contribution in [3.8, 4) is 11.5 Å². The van der Waals surface area contributed by atoms with E-state index in [0.29, 0.717) is 30.2 Å². The van der Waals surface area contributed by atoms with E-state index in [1.807, 2.05) is 42.5 Å². The van der Waals surface area contributed by atoms with Gasteiger partial charge < -0.3 is 25.0 Å². The van der Waals surface area contributed by atoms with Crippen LogP contribution in [0.5, 0.6) is 11.5 Å². The van der Waals surface area contributed by atoms with Crippen molar-refractivity contribution in [2.45, 2.75) is 0 Å². The molecular weight excluding hydrogens is 406 g/mol. The summed E-state index contributed by atoms with van der Waals surface area (Å²) >= 11 is 0. The Balaban J connectivity index is 1.47. The highest BCUT2D eigenvalue weighted by molar-refractivity contribution is 5.96. The largest absolute Gasteiger partial charge is 0.490 e. The zero-order chi connectivity index (χ0) is 22.8. The molecule has 3 rings (SSSR count). The van der Waals surface area contributed by atoms with E-state index in [9.17, 15) is 9.59 Å². The molecular formula is C25H27N3O4. The SMILES string of the molecule is CN(C)C(=O)c1ccc(NCC(=O)Nc2ccccc2OCCOc2ccccc2)cc1. The quantitative estimate of drug-likeness (QED) is 0.474. The number of carbonyl (C=O) groups excluding carboxylic acids is 2. The topological polar surface area (TPSA) is 79.9 Å². The molecule has 7 nitrogen and oxygen atoms in total. The number of nitrogens with zero attached hydrogens (tertiary/aromatic N) is 1. The van der Waals surface area contributed by atoms with E-state index in [1.54, 1.807) is 50.5 Å². The molecule has 0 spiro atoms. The summed E-state index contributed by atoms with van der Waals surface area (Å²) in [4.78, 5) is 25.9. The molecule has 3 aromatic carbocycles. The molecule has 0 fully saturated rings. The number of rotatable bonds is 10. The first kappa shape index (κ1) is 22.7. The molecule has 0 saturated heterocycles. The summed E-state index contributed by atoms with van der Waals surface area (Å²) in [6.07, 6.45) is 0. The van der Waals surface area contributed by atoms with E-state index in [1.165, 1.54) is 4.90 Å². The van der Waals surface area contributed by atoms with Crippen LogP contribution in [-0.4, -0.2) is 50.6 Å². The van der Waals surface area contributed by atoms with Gasteiger partial charge in [0.15, 0.2) is 0 Å². The molecule has 7 heteroatoms. The number of amides is 2. The minimum atomic E-state index is -0.213. The fourth-order valence-electron chi connectivity index (χ4n) is 2.89. The van der Waals surface area contributed by atoms with Crippen molar-refractivity contribution in [3.05, 3.63) is 84.4 Å². The fourth-order valence-corrected chi connectivity index (χ4v) is 2.89. The van der Waals surface area contributed by atoms with E-state index < -0.39 is 0 Å². The minimum absolute atomic E-state index is 0.0694. The molecule has 0 bridgehead atoms. The van der Waals surface area contributed by atoms with E-state index in [4.69, 9.17) is 9.47 Å². The Bertz CT molecular complexity index is 1020. The van der Waals surface area contributed by atoms with Crippen molar-refractivity contribution in [3.63, 3.8) is 0 Å². The standard InChI is InChI=1S/C25H27N3O4/c1-28(2)25(30)19-12-14-20(15-13-19)26-18-24(29)27-22-10-6-7-11-23(22)32-17-16-31-21-8-4-3-5-9-21/h3-15,26H,16-18H2,1-2H3,(H,27,29). The highest BCUT2D eigenvalue weighted by Crippen LogP contribution is 2.23. The van der Waals surface area contributed by atoms with Gasteiger partial charge in [0.2, 0.25) is 5.91 Å². The Hall–Kier alpha value is -4.00. The van der Waals surface area contributed by atoms with E-state index in [2.05, 4.69) is 10.6 Å². The number of carbonyl (C=O) groups is 2. The van der Waals surface area contributed by atoms with E-state index >= 15 is 0 Å². The van der Waals surface area contributed by atoms with E-state index in [-0.39, 0.29) is 18.4 Å². The van der Waals surface area contributed by atoms with Gasteiger partial charge in [0, 0.05) is 25.3 Å². The van der Waals surface area contributed by atoms with Crippen LogP contribution in [0.4, 0.5) is 11.4 Å². The average Bonchev–Trinajstić information content (AvgIpc) is 2.82. The Labute approximate surface area is 188 Å². The van der Waals surface area contributed by atoms with Crippen LogP contribution in [0.3, 0.4) is 0 Å². The van der Waals surface area contributed by atoms with Gasteiger partial charge >= 0.3 is 0 Å². The number of hydrogen-bond donors (Lipinski definition) is 2. The predicted molar refractivity (Wildman–Crippen MR) is 125 cm³/mol. The van der Waals surface area contributed by atoms with Crippen molar-refractivity contribution in [2.24, 2.45) is 0 Å². The van der Waals surface area contributed by atoms with Gasteiger partial charge in [-0.2, -0.15) is 0 Å². The van der Waals surface area contributed by atoms with Crippen LogP contribution < -0.4 is 20.1 Å². The van der Waals surface area contributed by atoms with Crippen LogP contribution in [0.1, 0.15) is 10.4 Å². The van der Waals surface area contributed by atoms with Crippen molar-refractivity contribution < 1.29 is 19.1 Å². The molecule has 166 valence electrons. The second-order valence-corrected chi connectivity index (χ2v) is 7.18. The minimum Gasteiger partial charge on any atom is -0.490 e. The summed E-state index contributed by atoms with van der Waals surface area (Å²) in [7, 11) is 3.41. The second kappa shape index (κ2) is 11.4. The van der Waals surface area contributed by atoms with Gasteiger partial charge in [0.25, 0.3) is 5.91 Å². The van der Waals surface area contributed by atoms with Gasteiger partial charge in [-0.25, -0.2) is 0 Å². The van der Waals surface area contributed by atoms with Crippen LogP contribution in [0.2, 0.25) is 0 Å². The van der Waals surface area contributed by atoms with Gasteiger partial charge in [0.1, 0.15) is 24.7 Å². The molecule has 0 aliphatic carbocycles. The van der Waals surface area contributed by atoms with Crippen molar-refractivity contribution in [1.29, 1.82) is 0 Å². The summed E-state index contributed by atoms with van der Waals surface area (Å²) in [6.45, 7) is 0.810. The molecule has 0 aromatic heterocycles. The molecule has 3 aromatic rings. The van der Waals surface area contributed by atoms with Crippen LogP contribution in [-0.2, 0) is 4.79 Å². The molecule has 0 saturated carbocycles. The van der Waals surface area contributed by atoms with Crippen LogP contribution in [0.25, 0.3) is 0 Å². The maximum Gasteiger partial charge on any atom is 0.253 e. The molecule has 0 atom stereocenters. The van der Waals surface area contributed by atoms with Crippen LogP contribution in [0, 0.1) is 0 Å². The molecule has 2 amide bonds. The van der Waals surface area contributed by atoms with Gasteiger partial charge in [-0.05, 0) is 48.5 Å². The molecule has 2 N–H and O–H groups in total. The lowest BCUT2D eigenvalue weighted by Gasteiger charge is -2.14. The van der Waals surface area contributed by atoms with Crippen LogP contribution >= 0.6 is 0 Å². The highest BCUT2D eigenvalue weighted by atomic mass is 16.5. The Morgan fingerprint density at radius 1 is 0.812 bits per heavy atom. The second-order valence-electron chi connectivity index (χ2n) is 7.18. The number of para-hydroxylation sites is 3. The third-order valence-electron chi connectivity index (χ3n) is 4.51. The maximum atomic E-state index is 12.4. The number of hydrogen-bond acceptors (Lipinski definition) is 5. The summed E-state index contributed by atoms with van der Waals surface area (Å²) < 4.78 is 11.4. The predicted octanol–water partition coefficient (Wildman–Crippen LogP) is 3.90. The zero-order valence-electron chi connectivity index (χ0n) is 18.2. The Kier molecular flexibility index (Phi) is 8.09. The lowest BCUT2D eigenvalue weighted by Crippen LogP contribution is -2.23. The van der Waals surface area contributed by atoms with Gasteiger partial charge in [0.05, 0.1) is 12.2 Å². The fraction of sp³-hybridized carbons (Fsp3) is 0.200. The van der Waals surface area contributed by atoms with Crippen LogP contribution in [0.15, 0.2) is 78.9 Å². The molecule has 0 unspecified atom stereocenters. The summed E-state index contributed by atoms with van der Waals surface area (Å²) in [6, 6.07) is 23.8. The number of nitrogens with one attached hydrogen (secondary N) is 2. The third-order valence-corrected chi connectivity index (χ3v) is 4.51. The normalized spacial score (nSPS) is 10.2. The average molecular weight is 434 g/mol. The number of ether oxygens (including phenoxy) is 2. The van der Waals surface area contributed by atoms with E-state index in [0.717, 1.165) is 11.4 Å². The zero-order valence-corrected chi connectivity index (χ0v) is 18.2. The van der Waals surface area contributed by atoms with Crippen molar-refractivity contribution in [2.75, 3.05) is 44.5 Å². The number of benzene rings is 3. The van der Waals surface area contributed by atoms with Gasteiger partial charge in [-0.15, -0.1) is 0 Å². The summed E-state index contributed by atoms with van der Waals surface area (Å²) in [5.41, 5.74) is 1.93. The monoisotopic (exact) mass is 433 g/mol. The first-order valence-corrected chi connectivity index (χ1v) is 10.3. The van der Waals surface area contributed by atoms with Crippen molar-refractivity contribution in [1.82, 2.24) is 4.90 Å². The Morgan fingerprint density at radius 2 is 1.47 bits per heavy atom. The maximum absolute atomic E-state index is 12.4. The summed E-state index contributed by atoms with van der Waals surface area (Å²) in [5.74, 6) is 1.07. The lowest BCUT2D eigenvalue weighted by molar-refractivity contribution is -0.114. The first-order chi connectivity index (χ1) is 15.5. The van der Waals surface area contributed by atoms with Crippen molar-refractivity contribution >= 4 is 23.2 Å². The molecule has 0 heterocycles. The molecule has 0 radical (unpaired) electrons. The molecule has 0 aliphatic heterocycles.